The summed E-state index contributed by atoms with van der Waals surface area (Å²) in [6.45, 7) is 10.8. The van der Waals surface area contributed by atoms with Crippen molar-refractivity contribution in [3.05, 3.63) is 20.2 Å². The fourth-order valence-corrected chi connectivity index (χ4v) is 2.34. The maximum atomic E-state index is 11.6. The van der Waals surface area contributed by atoms with Crippen LogP contribution in [0.4, 0.5) is 0 Å². The molecule has 2 N–H and O–H groups in total. The van der Waals surface area contributed by atoms with Crippen LogP contribution in [-0.2, 0) is 6.54 Å². The van der Waals surface area contributed by atoms with E-state index in [-0.39, 0.29) is 10.4 Å². The molecule has 0 spiro atoms. The molecule has 0 saturated carbocycles. The van der Waals surface area contributed by atoms with Crippen LogP contribution in [0.5, 0.6) is 0 Å². The van der Waals surface area contributed by atoms with Gasteiger partial charge < -0.3 is 15.0 Å². The third-order valence-electron chi connectivity index (χ3n) is 2.64. The van der Waals surface area contributed by atoms with Gasteiger partial charge in [0.2, 0.25) is 0 Å². The highest BCUT2D eigenvalue weighted by molar-refractivity contribution is 7.09. The molecule has 0 bridgehead atoms. The first-order chi connectivity index (χ1) is 7.70. The smallest absolute Gasteiger partial charge is 0.307 e. The maximum absolute atomic E-state index is 11.6. The molecule has 0 amide bonds. The predicted molar refractivity (Wildman–Crippen MR) is 71.8 cm³/mol. The van der Waals surface area contributed by atoms with Gasteiger partial charge in [0.05, 0.1) is 12.6 Å². The summed E-state index contributed by atoms with van der Waals surface area (Å²) in [5, 5.41) is 13.1. The van der Waals surface area contributed by atoms with E-state index in [0.29, 0.717) is 13.1 Å². The second kappa shape index (κ2) is 5.33. The Morgan fingerprint density at radius 2 is 2.00 bits per heavy atom. The molecule has 0 aromatic carbocycles. The van der Waals surface area contributed by atoms with Crippen LogP contribution in [0.1, 0.15) is 31.3 Å². The Hall–Kier alpha value is -0.650. The Bertz CT molecular complexity index is 429. The maximum Gasteiger partial charge on any atom is 0.307 e. The first-order valence-electron chi connectivity index (χ1n) is 5.80. The van der Waals surface area contributed by atoms with Gasteiger partial charge in [0.15, 0.2) is 0 Å². The molecule has 1 heterocycles. The van der Waals surface area contributed by atoms with E-state index in [2.05, 4.69) is 5.32 Å². The molecule has 0 fully saturated rings. The monoisotopic (exact) mass is 258 g/mol. The Labute approximate surface area is 106 Å². The molecule has 4 nitrogen and oxygen atoms in total. The summed E-state index contributed by atoms with van der Waals surface area (Å²) in [7, 11) is 0. The number of thiazole rings is 1. The SMILES string of the molecule is Cc1sc(=O)n(CC(O)CNC(C)(C)C)c1C. The summed E-state index contributed by atoms with van der Waals surface area (Å²) >= 11 is 1.24. The number of β-amino-alcohol motifs (C(OH)–C–C–N with tert-alkyl or cyclic N) is 1. The minimum absolute atomic E-state index is 0.00908. The van der Waals surface area contributed by atoms with Crippen molar-refractivity contribution in [3.63, 3.8) is 0 Å². The second-order valence-electron chi connectivity index (χ2n) is 5.40. The number of hydrogen-bond acceptors (Lipinski definition) is 4. The van der Waals surface area contributed by atoms with Crippen molar-refractivity contribution in [1.29, 1.82) is 0 Å². The van der Waals surface area contributed by atoms with Crippen molar-refractivity contribution in [2.45, 2.75) is 52.8 Å². The van der Waals surface area contributed by atoms with Crippen molar-refractivity contribution in [1.82, 2.24) is 9.88 Å². The van der Waals surface area contributed by atoms with Gasteiger partial charge in [0.25, 0.3) is 0 Å². The fourth-order valence-electron chi connectivity index (χ4n) is 1.50. The highest BCUT2D eigenvalue weighted by Gasteiger charge is 2.15. The number of nitrogens with zero attached hydrogens (tertiary/aromatic N) is 1. The topological polar surface area (TPSA) is 54.3 Å². The highest BCUT2D eigenvalue weighted by Crippen LogP contribution is 2.10. The number of nitrogens with one attached hydrogen (secondary N) is 1. The van der Waals surface area contributed by atoms with E-state index in [1.165, 1.54) is 11.3 Å². The Kier molecular flexibility index (Phi) is 4.52. The normalized spacial score (nSPS) is 14.0. The molecule has 0 aliphatic heterocycles. The molecule has 1 aromatic rings. The lowest BCUT2D eigenvalue weighted by atomic mass is 10.1. The van der Waals surface area contributed by atoms with E-state index in [1.54, 1.807) is 4.57 Å². The predicted octanol–water partition coefficient (Wildman–Crippen LogP) is 1.28. The van der Waals surface area contributed by atoms with Crippen molar-refractivity contribution in [3.8, 4) is 0 Å². The molecule has 1 atom stereocenters. The van der Waals surface area contributed by atoms with Gasteiger partial charge in [-0.3, -0.25) is 4.79 Å². The number of rotatable bonds is 4. The first kappa shape index (κ1) is 14.4. The van der Waals surface area contributed by atoms with Crippen LogP contribution in [0.25, 0.3) is 0 Å². The molecular formula is C12H22N2O2S. The Morgan fingerprint density at radius 3 is 2.41 bits per heavy atom. The standard InChI is InChI=1S/C12H22N2O2S/c1-8-9(2)17-11(16)14(8)7-10(15)6-13-12(3,4)5/h10,13,15H,6-7H2,1-5H3. The minimum Gasteiger partial charge on any atom is -0.390 e. The summed E-state index contributed by atoms with van der Waals surface area (Å²) in [6, 6.07) is 0. The molecule has 0 radical (unpaired) electrons. The second-order valence-corrected chi connectivity index (χ2v) is 6.57. The first-order valence-corrected chi connectivity index (χ1v) is 6.62. The molecule has 0 aliphatic carbocycles. The van der Waals surface area contributed by atoms with Gasteiger partial charge in [-0.2, -0.15) is 0 Å². The van der Waals surface area contributed by atoms with Crippen LogP contribution in [0, 0.1) is 13.8 Å². The molecular weight excluding hydrogens is 236 g/mol. The third kappa shape index (κ3) is 4.26. The van der Waals surface area contributed by atoms with Crippen molar-refractivity contribution < 1.29 is 5.11 Å². The van der Waals surface area contributed by atoms with E-state index in [1.807, 2.05) is 34.6 Å². The lowest BCUT2D eigenvalue weighted by Gasteiger charge is -2.23. The van der Waals surface area contributed by atoms with Crippen LogP contribution in [0.3, 0.4) is 0 Å². The molecule has 17 heavy (non-hydrogen) atoms. The van der Waals surface area contributed by atoms with E-state index in [4.69, 9.17) is 0 Å². The summed E-state index contributed by atoms with van der Waals surface area (Å²) < 4.78 is 1.65. The molecule has 1 unspecified atom stereocenters. The Morgan fingerprint density at radius 1 is 1.41 bits per heavy atom. The average molecular weight is 258 g/mol. The van der Waals surface area contributed by atoms with Gasteiger partial charge in [-0.15, -0.1) is 0 Å². The van der Waals surface area contributed by atoms with Crippen molar-refractivity contribution in [2.24, 2.45) is 0 Å². The molecule has 1 aromatic heterocycles. The zero-order valence-electron chi connectivity index (χ0n) is 11.2. The van der Waals surface area contributed by atoms with Crippen LogP contribution in [0.15, 0.2) is 4.79 Å². The molecule has 5 heteroatoms. The van der Waals surface area contributed by atoms with E-state index < -0.39 is 6.10 Å². The average Bonchev–Trinajstić information content (AvgIpc) is 2.41. The van der Waals surface area contributed by atoms with Crippen LogP contribution in [0.2, 0.25) is 0 Å². The number of aryl methyl sites for hydroxylation is 1. The number of aliphatic hydroxyl groups is 1. The van der Waals surface area contributed by atoms with Crippen LogP contribution in [-0.4, -0.2) is 27.9 Å². The molecule has 98 valence electrons. The minimum atomic E-state index is -0.542. The fraction of sp³-hybridized carbons (Fsp3) is 0.750. The molecule has 0 saturated heterocycles. The zero-order valence-corrected chi connectivity index (χ0v) is 12.0. The summed E-state index contributed by atoms with van der Waals surface area (Å²) in [4.78, 5) is 12.7. The number of aliphatic hydroxyl groups excluding tert-OH is 1. The van der Waals surface area contributed by atoms with Crippen LogP contribution >= 0.6 is 11.3 Å². The van der Waals surface area contributed by atoms with E-state index in [9.17, 15) is 9.90 Å². The van der Waals surface area contributed by atoms with Gasteiger partial charge in [0.1, 0.15) is 0 Å². The van der Waals surface area contributed by atoms with E-state index >= 15 is 0 Å². The Balaban J connectivity index is 2.62. The highest BCUT2D eigenvalue weighted by atomic mass is 32.1. The van der Waals surface area contributed by atoms with Gasteiger partial charge in [-0.1, -0.05) is 11.3 Å². The number of hydrogen-bond donors (Lipinski definition) is 2. The summed E-state index contributed by atoms with van der Waals surface area (Å²) in [6.07, 6.45) is -0.542. The van der Waals surface area contributed by atoms with Gasteiger partial charge >= 0.3 is 4.87 Å². The summed E-state index contributed by atoms with van der Waals surface area (Å²) in [5.74, 6) is 0. The van der Waals surface area contributed by atoms with E-state index in [0.717, 1.165) is 10.6 Å². The lowest BCUT2D eigenvalue weighted by Crippen LogP contribution is -2.42. The van der Waals surface area contributed by atoms with Gasteiger partial charge in [-0.05, 0) is 34.6 Å². The quantitative estimate of drug-likeness (QED) is 0.855. The summed E-state index contributed by atoms with van der Waals surface area (Å²) in [5.41, 5.74) is 0.931. The third-order valence-corrected chi connectivity index (χ3v) is 3.63. The zero-order chi connectivity index (χ0) is 13.2. The largest absolute Gasteiger partial charge is 0.390 e. The molecule has 1 rings (SSSR count). The lowest BCUT2D eigenvalue weighted by molar-refractivity contribution is 0.140. The van der Waals surface area contributed by atoms with Gasteiger partial charge in [0, 0.05) is 22.7 Å². The van der Waals surface area contributed by atoms with Crippen LogP contribution < -0.4 is 10.2 Å². The van der Waals surface area contributed by atoms with Gasteiger partial charge in [-0.25, -0.2) is 0 Å². The van der Waals surface area contributed by atoms with Crippen molar-refractivity contribution >= 4 is 11.3 Å². The molecule has 0 aliphatic rings. The number of aromatic nitrogens is 1. The van der Waals surface area contributed by atoms with Crippen molar-refractivity contribution in [2.75, 3.05) is 6.54 Å².